The van der Waals surface area contributed by atoms with E-state index in [2.05, 4.69) is 20.2 Å². The van der Waals surface area contributed by atoms with Gasteiger partial charge in [0.15, 0.2) is 0 Å². The number of hydrogen-bond donors (Lipinski definition) is 1. The number of anilines is 1. The third-order valence-corrected chi connectivity index (χ3v) is 5.93. The van der Waals surface area contributed by atoms with Crippen LogP contribution in [0.4, 0.5) is 5.95 Å². The largest absolute Gasteiger partial charge is 0.377 e. The van der Waals surface area contributed by atoms with Crippen molar-refractivity contribution in [2.45, 2.75) is 25.5 Å². The van der Waals surface area contributed by atoms with E-state index in [1.54, 1.807) is 23.7 Å². The summed E-state index contributed by atoms with van der Waals surface area (Å²) in [4.78, 5) is 24.3. The third kappa shape index (κ3) is 3.82. The topological polar surface area (TPSA) is 67.3 Å². The van der Waals surface area contributed by atoms with E-state index in [0.717, 1.165) is 32.1 Å². The molecule has 2 aromatic heterocycles. The van der Waals surface area contributed by atoms with Gasteiger partial charge in [-0.25, -0.2) is 9.97 Å². The third-order valence-electron chi connectivity index (χ3n) is 5.06. The Balaban J connectivity index is 1.29. The van der Waals surface area contributed by atoms with Crippen LogP contribution in [-0.2, 0) is 16.1 Å². The number of aromatic nitrogens is 2. The van der Waals surface area contributed by atoms with Crippen LogP contribution in [0.3, 0.4) is 0 Å². The Kier molecular flexibility index (Phi) is 4.94. The molecule has 0 saturated carbocycles. The van der Waals surface area contributed by atoms with Gasteiger partial charge < -0.3 is 15.0 Å². The molecule has 3 atom stereocenters. The fourth-order valence-electron chi connectivity index (χ4n) is 3.79. The zero-order valence-electron chi connectivity index (χ0n) is 14.0. The van der Waals surface area contributed by atoms with Crippen LogP contribution in [0.1, 0.15) is 17.7 Å². The summed E-state index contributed by atoms with van der Waals surface area (Å²) in [7, 11) is 0. The molecule has 2 aromatic rings. The molecule has 0 aliphatic carbocycles. The van der Waals surface area contributed by atoms with Gasteiger partial charge in [0.1, 0.15) is 0 Å². The molecule has 4 heterocycles. The van der Waals surface area contributed by atoms with Crippen molar-refractivity contribution in [3.63, 3.8) is 0 Å². The molecule has 1 N–H and O–H groups in total. The molecule has 25 heavy (non-hydrogen) atoms. The Morgan fingerprint density at radius 3 is 3.04 bits per heavy atom. The molecule has 1 amide bonds. The highest BCUT2D eigenvalue weighted by Crippen LogP contribution is 2.36. The van der Waals surface area contributed by atoms with Gasteiger partial charge in [-0.05, 0) is 29.9 Å². The number of rotatable bonds is 5. The second kappa shape index (κ2) is 7.49. The van der Waals surface area contributed by atoms with Crippen LogP contribution < -0.4 is 10.2 Å². The van der Waals surface area contributed by atoms with Crippen LogP contribution in [0.2, 0.25) is 0 Å². The van der Waals surface area contributed by atoms with Gasteiger partial charge in [0.2, 0.25) is 11.9 Å². The SMILES string of the molecule is O=C(C[C@@H]1OC[C@H]2CN(c3ncccn3)CC[C@H]21)NCc1cccs1. The second-order valence-electron chi connectivity index (χ2n) is 6.64. The number of carbonyl (C=O) groups is 1. The van der Waals surface area contributed by atoms with Crippen LogP contribution in [-0.4, -0.2) is 41.7 Å². The standard InChI is InChI=1S/C18H22N4O2S/c23-17(21-10-14-3-1-8-25-14)9-16-15-4-7-22(11-13(15)12-24-16)18-19-5-2-6-20-18/h1-3,5-6,8,13,15-16H,4,7,9-12H2,(H,21,23)/t13-,15-,16+/m1/s1. The second-order valence-corrected chi connectivity index (χ2v) is 7.67. The summed E-state index contributed by atoms with van der Waals surface area (Å²) < 4.78 is 5.97. The fraction of sp³-hybridized carbons (Fsp3) is 0.500. The van der Waals surface area contributed by atoms with Gasteiger partial charge in [-0.2, -0.15) is 0 Å². The van der Waals surface area contributed by atoms with Crippen LogP contribution in [0.15, 0.2) is 36.0 Å². The highest BCUT2D eigenvalue weighted by Gasteiger charge is 2.41. The highest BCUT2D eigenvalue weighted by molar-refractivity contribution is 7.09. The Morgan fingerprint density at radius 2 is 2.24 bits per heavy atom. The van der Waals surface area contributed by atoms with E-state index < -0.39 is 0 Å². The first-order valence-corrected chi connectivity index (χ1v) is 9.60. The van der Waals surface area contributed by atoms with Gasteiger partial charge in [0.05, 0.1) is 25.7 Å². The summed E-state index contributed by atoms with van der Waals surface area (Å²) in [5, 5.41) is 5.03. The molecule has 0 unspecified atom stereocenters. The minimum absolute atomic E-state index is 0.0344. The lowest BCUT2D eigenvalue weighted by Gasteiger charge is -2.35. The first-order chi connectivity index (χ1) is 12.3. The average molecular weight is 358 g/mol. The number of ether oxygens (including phenoxy) is 1. The van der Waals surface area contributed by atoms with Gasteiger partial charge in [-0.1, -0.05) is 6.07 Å². The summed E-state index contributed by atoms with van der Waals surface area (Å²) >= 11 is 1.66. The van der Waals surface area contributed by atoms with Crippen molar-refractivity contribution in [1.82, 2.24) is 15.3 Å². The van der Waals surface area contributed by atoms with Gasteiger partial charge in [0, 0.05) is 36.3 Å². The maximum Gasteiger partial charge on any atom is 0.225 e. The molecule has 0 spiro atoms. The van der Waals surface area contributed by atoms with Gasteiger partial charge in [-0.15, -0.1) is 11.3 Å². The van der Waals surface area contributed by atoms with Crippen molar-refractivity contribution in [3.8, 4) is 0 Å². The summed E-state index contributed by atoms with van der Waals surface area (Å²) in [6.07, 6.45) is 5.06. The fourth-order valence-corrected chi connectivity index (χ4v) is 4.43. The molecule has 4 rings (SSSR count). The predicted molar refractivity (Wildman–Crippen MR) is 96.4 cm³/mol. The number of nitrogens with zero attached hydrogens (tertiary/aromatic N) is 3. The number of thiophene rings is 1. The van der Waals surface area contributed by atoms with E-state index in [1.807, 2.05) is 23.6 Å². The quantitative estimate of drug-likeness (QED) is 0.886. The van der Waals surface area contributed by atoms with Crippen molar-refractivity contribution < 1.29 is 9.53 Å². The van der Waals surface area contributed by atoms with E-state index in [1.165, 1.54) is 4.88 Å². The molecule has 0 bridgehead atoms. The minimum Gasteiger partial charge on any atom is -0.377 e. The molecule has 2 saturated heterocycles. The molecule has 0 radical (unpaired) electrons. The number of nitrogens with one attached hydrogen (secondary N) is 1. The summed E-state index contributed by atoms with van der Waals surface area (Å²) in [5.74, 6) is 1.77. The van der Waals surface area contributed by atoms with Crippen molar-refractivity contribution in [3.05, 3.63) is 40.8 Å². The van der Waals surface area contributed by atoms with Crippen molar-refractivity contribution >= 4 is 23.2 Å². The molecule has 6 nitrogen and oxygen atoms in total. The number of amides is 1. The number of carbonyl (C=O) groups excluding carboxylic acids is 1. The van der Waals surface area contributed by atoms with Crippen molar-refractivity contribution in [2.75, 3.05) is 24.6 Å². The monoisotopic (exact) mass is 358 g/mol. The first-order valence-electron chi connectivity index (χ1n) is 8.72. The predicted octanol–water partition coefficient (Wildman–Crippen LogP) is 2.09. The normalized spacial score (nSPS) is 25.6. The summed E-state index contributed by atoms with van der Waals surface area (Å²) in [6.45, 7) is 3.15. The molecular weight excluding hydrogens is 336 g/mol. The molecule has 2 fully saturated rings. The van der Waals surface area contributed by atoms with Crippen LogP contribution >= 0.6 is 11.3 Å². The van der Waals surface area contributed by atoms with Crippen molar-refractivity contribution in [2.24, 2.45) is 11.8 Å². The zero-order chi connectivity index (χ0) is 17.1. The molecular formula is C18H22N4O2S. The number of piperidine rings is 1. The minimum atomic E-state index is 0.0344. The lowest BCUT2D eigenvalue weighted by atomic mass is 9.83. The average Bonchev–Trinajstić information content (AvgIpc) is 3.30. The summed E-state index contributed by atoms with van der Waals surface area (Å²) in [5.41, 5.74) is 0. The van der Waals surface area contributed by atoms with Crippen LogP contribution in [0.5, 0.6) is 0 Å². The van der Waals surface area contributed by atoms with Crippen LogP contribution in [0.25, 0.3) is 0 Å². The Labute approximate surface area is 151 Å². The molecule has 2 aliphatic rings. The molecule has 0 aromatic carbocycles. The van der Waals surface area contributed by atoms with Gasteiger partial charge in [0.25, 0.3) is 0 Å². The molecule has 2 aliphatic heterocycles. The van der Waals surface area contributed by atoms with E-state index in [4.69, 9.17) is 4.74 Å². The first kappa shape index (κ1) is 16.5. The Hall–Kier alpha value is -1.99. The molecule has 132 valence electrons. The number of fused-ring (bicyclic) bond motifs is 1. The van der Waals surface area contributed by atoms with Gasteiger partial charge in [-0.3, -0.25) is 4.79 Å². The van der Waals surface area contributed by atoms with E-state index in [9.17, 15) is 4.79 Å². The maximum atomic E-state index is 12.2. The van der Waals surface area contributed by atoms with Crippen molar-refractivity contribution in [1.29, 1.82) is 0 Å². The summed E-state index contributed by atoms with van der Waals surface area (Å²) in [6, 6.07) is 5.87. The Bertz CT molecular complexity index is 694. The number of hydrogen-bond acceptors (Lipinski definition) is 6. The smallest absolute Gasteiger partial charge is 0.225 e. The zero-order valence-corrected chi connectivity index (χ0v) is 14.8. The lowest BCUT2D eigenvalue weighted by Crippen LogP contribution is -2.43. The lowest BCUT2D eigenvalue weighted by molar-refractivity contribution is -0.123. The maximum absolute atomic E-state index is 12.2. The molecule has 7 heteroatoms. The van der Waals surface area contributed by atoms with E-state index >= 15 is 0 Å². The van der Waals surface area contributed by atoms with E-state index in [-0.39, 0.29) is 12.0 Å². The highest BCUT2D eigenvalue weighted by atomic mass is 32.1. The van der Waals surface area contributed by atoms with Crippen LogP contribution in [0, 0.1) is 11.8 Å². The van der Waals surface area contributed by atoms with E-state index in [0.29, 0.717) is 24.8 Å². The van der Waals surface area contributed by atoms with Gasteiger partial charge >= 0.3 is 0 Å². The Morgan fingerprint density at radius 1 is 1.36 bits per heavy atom.